The normalized spacial score (nSPS) is 17.4. The second kappa shape index (κ2) is 8.43. The Hall–Kier alpha value is -0.680. The second-order valence-corrected chi connectivity index (χ2v) is 7.32. The minimum Gasteiger partial charge on any atom is -0.493 e. The van der Waals surface area contributed by atoms with Crippen LogP contribution in [0, 0.1) is 11.7 Å². The molecule has 1 aromatic rings. The Morgan fingerprint density at radius 2 is 1.91 bits per heavy atom. The van der Waals surface area contributed by atoms with E-state index in [-0.39, 0.29) is 5.82 Å². The van der Waals surface area contributed by atoms with Gasteiger partial charge < -0.3 is 9.64 Å². The summed E-state index contributed by atoms with van der Waals surface area (Å²) in [5.74, 6) is 0.707. The summed E-state index contributed by atoms with van der Waals surface area (Å²) in [7, 11) is 0. The van der Waals surface area contributed by atoms with Crippen molar-refractivity contribution in [3.8, 4) is 5.75 Å². The molecule has 1 saturated heterocycles. The lowest BCUT2D eigenvalue weighted by Crippen LogP contribution is -2.44. The predicted molar refractivity (Wildman–Crippen MR) is 93.2 cm³/mol. The Kier molecular flexibility index (Phi) is 6.84. The molecule has 0 bridgehead atoms. The van der Waals surface area contributed by atoms with Gasteiger partial charge in [0.1, 0.15) is 17.2 Å². The molecular formula is C18H26BrF2NO. The quantitative estimate of drug-likeness (QED) is 0.634. The predicted octanol–water partition coefficient (Wildman–Crippen LogP) is 5.21. The molecule has 1 fully saturated rings. The van der Waals surface area contributed by atoms with E-state index in [9.17, 15) is 8.78 Å². The van der Waals surface area contributed by atoms with E-state index in [1.807, 2.05) is 13.8 Å². The SMILES string of the molecule is CCC(F)(CC)CN1CCC(COc2ccc(Br)c(F)c2)CC1. The number of halogens is 3. The van der Waals surface area contributed by atoms with Gasteiger partial charge >= 0.3 is 0 Å². The molecule has 0 spiro atoms. The van der Waals surface area contributed by atoms with Crippen molar-refractivity contribution < 1.29 is 13.5 Å². The van der Waals surface area contributed by atoms with Crippen LogP contribution >= 0.6 is 15.9 Å². The van der Waals surface area contributed by atoms with Crippen molar-refractivity contribution in [2.24, 2.45) is 5.92 Å². The highest BCUT2D eigenvalue weighted by atomic mass is 79.9. The van der Waals surface area contributed by atoms with Crippen LogP contribution in [0.3, 0.4) is 0 Å². The first-order valence-corrected chi connectivity index (χ1v) is 9.24. The maximum Gasteiger partial charge on any atom is 0.141 e. The van der Waals surface area contributed by atoms with Gasteiger partial charge in [-0.1, -0.05) is 13.8 Å². The molecule has 1 heterocycles. The summed E-state index contributed by atoms with van der Waals surface area (Å²) in [4.78, 5) is 2.22. The highest BCUT2D eigenvalue weighted by Gasteiger charge is 2.30. The van der Waals surface area contributed by atoms with Crippen LogP contribution in [-0.2, 0) is 0 Å². The summed E-state index contributed by atoms with van der Waals surface area (Å²) in [6.07, 6.45) is 3.15. The van der Waals surface area contributed by atoms with Gasteiger partial charge in [-0.05, 0) is 72.8 Å². The first kappa shape index (κ1) is 18.7. The molecular weight excluding hydrogens is 364 g/mol. The minimum atomic E-state index is -1.06. The van der Waals surface area contributed by atoms with Gasteiger partial charge in [0.2, 0.25) is 0 Å². The highest BCUT2D eigenvalue weighted by Crippen LogP contribution is 2.26. The zero-order valence-electron chi connectivity index (χ0n) is 14.0. The number of hydrogen-bond donors (Lipinski definition) is 0. The fourth-order valence-electron chi connectivity index (χ4n) is 2.97. The van der Waals surface area contributed by atoms with Gasteiger partial charge in [-0.15, -0.1) is 0 Å². The lowest BCUT2D eigenvalue weighted by Gasteiger charge is -2.36. The van der Waals surface area contributed by atoms with Crippen LogP contribution in [0.2, 0.25) is 0 Å². The van der Waals surface area contributed by atoms with Gasteiger partial charge in [0.25, 0.3) is 0 Å². The molecule has 0 aliphatic carbocycles. The Balaban J connectivity index is 1.75. The lowest BCUT2D eigenvalue weighted by atomic mass is 9.94. The fourth-order valence-corrected chi connectivity index (χ4v) is 3.21. The third-order valence-electron chi connectivity index (χ3n) is 4.86. The molecule has 1 aromatic carbocycles. The van der Waals surface area contributed by atoms with E-state index >= 15 is 0 Å². The number of benzene rings is 1. The molecule has 0 saturated carbocycles. The van der Waals surface area contributed by atoms with Crippen molar-refractivity contribution in [2.45, 2.75) is 45.2 Å². The van der Waals surface area contributed by atoms with Gasteiger partial charge in [-0.3, -0.25) is 0 Å². The first-order valence-electron chi connectivity index (χ1n) is 8.45. The molecule has 130 valence electrons. The van der Waals surface area contributed by atoms with Gasteiger partial charge in [0.15, 0.2) is 0 Å². The summed E-state index contributed by atoms with van der Waals surface area (Å²) >= 11 is 3.13. The maximum absolute atomic E-state index is 14.5. The molecule has 0 unspecified atom stereocenters. The van der Waals surface area contributed by atoms with Crippen molar-refractivity contribution in [3.63, 3.8) is 0 Å². The summed E-state index contributed by atoms with van der Waals surface area (Å²) in [5.41, 5.74) is -1.06. The topological polar surface area (TPSA) is 12.5 Å². The number of ether oxygens (including phenoxy) is 1. The molecule has 0 radical (unpaired) electrons. The van der Waals surface area contributed by atoms with Crippen molar-refractivity contribution in [1.82, 2.24) is 4.90 Å². The van der Waals surface area contributed by atoms with E-state index in [0.29, 0.717) is 42.1 Å². The molecule has 0 amide bonds. The van der Waals surface area contributed by atoms with Gasteiger partial charge in [-0.2, -0.15) is 0 Å². The van der Waals surface area contributed by atoms with E-state index < -0.39 is 5.67 Å². The summed E-state index contributed by atoms with van der Waals surface area (Å²) in [6.45, 7) is 6.79. The third-order valence-corrected chi connectivity index (χ3v) is 5.50. The monoisotopic (exact) mass is 389 g/mol. The molecule has 5 heteroatoms. The average Bonchev–Trinajstić information content (AvgIpc) is 2.57. The fraction of sp³-hybridized carbons (Fsp3) is 0.667. The highest BCUT2D eigenvalue weighted by molar-refractivity contribution is 9.10. The van der Waals surface area contributed by atoms with Crippen molar-refractivity contribution in [3.05, 3.63) is 28.5 Å². The number of piperidine rings is 1. The lowest BCUT2D eigenvalue weighted by molar-refractivity contribution is 0.0568. The largest absolute Gasteiger partial charge is 0.493 e. The van der Waals surface area contributed by atoms with E-state index in [4.69, 9.17) is 4.74 Å². The Morgan fingerprint density at radius 3 is 2.48 bits per heavy atom. The van der Waals surface area contributed by atoms with Crippen molar-refractivity contribution >= 4 is 15.9 Å². The zero-order chi connectivity index (χ0) is 16.9. The summed E-state index contributed by atoms with van der Waals surface area (Å²) < 4.78 is 34.1. The number of nitrogens with zero attached hydrogens (tertiary/aromatic N) is 1. The van der Waals surface area contributed by atoms with Crippen LogP contribution in [0.5, 0.6) is 5.75 Å². The van der Waals surface area contributed by atoms with Crippen LogP contribution in [0.25, 0.3) is 0 Å². The van der Waals surface area contributed by atoms with Crippen LogP contribution in [0.1, 0.15) is 39.5 Å². The van der Waals surface area contributed by atoms with Crippen LogP contribution in [-0.4, -0.2) is 36.8 Å². The Bertz CT molecular complexity index is 500. The molecule has 0 aromatic heterocycles. The molecule has 1 aliphatic heterocycles. The molecule has 2 rings (SSSR count). The minimum absolute atomic E-state index is 0.310. The van der Waals surface area contributed by atoms with Crippen LogP contribution in [0.15, 0.2) is 22.7 Å². The van der Waals surface area contributed by atoms with E-state index in [0.717, 1.165) is 25.9 Å². The Labute approximate surface area is 146 Å². The number of hydrogen-bond acceptors (Lipinski definition) is 2. The molecule has 23 heavy (non-hydrogen) atoms. The van der Waals surface area contributed by atoms with Gasteiger partial charge in [-0.25, -0.2) is 8.78 Å². The summed E-state index contributed by atoms with van der Waals surface area (Å²) in [6, 6.07) is 4.82. The molecule has 2 nitrogen and oxygen atoms in total. The van der Waals surface area contributed by atoms with Crippen molar-refractivity contribution in [1.29, 1.82) is 0 Å². The second-order valence-electron chi connectivity index (χ2n) is 6.46. The number of likely N-dealkylation sites (tertiary alicyclic amines) is 1. The average molecular weight is 390 g/mol. The standard InChI is InChI=1S/C18H26BrF2NO/c1-3-18(21,4-2)13-22-9-7-14(8-10-22)12-23-15-5-6-16(19)17(20)11-15/h5-6,11,14H,3-4,7-10,12-13H2,1-2H3. The summed E-state index contributed by atoms with van der Waals surface area (Å²) in [5, 5.41) is 0. The van der Waals surface area contributed by atoms with Crippen LogP contribution < -0.4 is 4.74 Å². The molecule has 0 atom stereocenters. The Morgan fingerprint density at radius 1 is 1.26 bits per heavy atom. The van der Waals surface area contributed by atoms with Crippen molar-refractivity contribution in [2.75, 3.05) is 26.2 Å². The smallest absolute Gasteiger partial charge is 0.141 e. The number of alkyl halides is 1. The van der Waals surface area contributed by atoms with Crippen LogP contribution in [0.4, 0.5) is 8.78 Å². The van der Waals surface area contributed by atoms with Gasteiger partial charge in [0, 0.05) is 12.6 Å². The first-order chi connectivity index (χ1) is 11.0. The van der Waals surface area contributed by atoms with E-state index in [1.54, 1.807) is 12.1 Å². The maximum atomic E-state index is 14.5. The van der Waals surface area contributed by atoms with E-state index in [2.05, 4.69) is 20.8 Å². The number of rotatable bonds is 7. The van der Waals surface area contributed by atoms with E-state index in [1.165, 1.54) is 6.07 Å². The molecule has 0 N–H and O–H groups in total. The zero-order valence-corrected chi connectivity index (χ0v) is 15.5. The third kappa shape index (κ3) is 5.42. The molecule has 1 aliphatic rings. The van der Waals surface area contributed by atoms with Gasteiger partial charge in [0.05, 0.1) is 11.1 Å².